The highest BCUT2D eigenvalue weighted by atomic mass is 16.2. The monoisotopic (exact) mass is 336 g/mol. The Morgan fingerprint density at radius 1 is 1.20 bits per heavy atom. The van der Waals surface area contributed by atoms with Gasteiger partial charge in [0, 0.05) is 51.1 Å². The van der Waals surface area contributed by atoms with Crippen LogP contribution in [-0.4, -0.2) is 57.6 Å². The van der Waals surface area contributed by atoms with E-state index < -0.39 is 0 Å². The number of amides is 1. The number of nitrogens with zero attached hydrogens (tertiary/aromatic N) is 6. The molecule has 4 rings (SSSR count). The molecule has 1 fully saturated rings. The van der Waals surface area contributed by atoms with E-state index in [0.29, 0.717) is 12.1 Å². The van der Waals surface area contributed by atoms with Crippen LogP contribution < -0.4 is 4.90 Å². The molecule has 1 atom stereocenters. The standard InChI is InChI=1S/C18H20N6O/c1-22(2)17-16-5-9-20-24(16)12-15(21-17)14-6-10-23(11-14)18(25)13-3-7-19-8-4-13/h3-5,7-9,12,14H,6,10-11H2,1-2H3/t14-/m0/s1. The molecule has 3 aromatic rings. The minimum absolute atomic E-state index is 0.0536. The molecule has 4 heterocycles. The largest absolute Gasteiger partial charge is 0.361 e. The van der Waals surface area contributed by atoms with Gasteiger partial charge in [0.2, 0.25) is 0 Å². The first-order valence-electron chi connectivity index (χ1n) is 8.34. The second-order valence-corrected chi connectivity index (χ2v) is 6.52. The predicted octanol–water partition coefficient (Wildman–Crippen LogP) is 1.82. The zero-order valence-electron chi connectivity index (χ0n) is 14.3. The van der Waals surface area contributed by atoms with Gasteiger partial charge in [0.15, 0.2) is 5.82 Å². The summed E-state index contributed by atoms with van der Waals surface area (Å²) in [6.07, 6.45) is 7.97. The third kappa shape index (κ3) is 2.82. The molecule has 0 saturated carbocycles. The molecule has 0 unspecified atom stereocenters. The highest BCUT2D eigenvalue weighted by Crippen LogP contribution is 2.29. The predicted molar refractivity (Wildman–Crippen MR) is 94.8 cm³/mol. The molecule has 1 aliphatic rings. The fraction of sp³-hybridized carbons (Fsp3) is 0.333. The fourth-order valence-electron chi connectivity index (χ4n) is 3.32. The number of pyridine rings is 1. The van der Waals surface area contributed by atoms with Crippen LogP contribution in [0.1, 0.15) is 28.4 Å². The van der Waals surface area contributed by atoms with E-state index >= 15 is 0 Å². The fourth-order valence-corrected chi connectivity index (χ4v) is 3.32. The van der Waals surface area contributed by atoms with Crippen molar-refractivity contribution in [3.8, 4) is 0 Å². The molecule has 7 nitrogen and oxygen atoms in total. The van der Waals surface area contributed by atoms with Crippen LogP contribution in [0.3, 0.4) is 0 Å². The second-order valence-electron chi connectivity index (χ2n) is 6.52. The maximum Gasteiger partial charge on any atom is 0.253 e. The third-order valence-corrected chi connectivity index (χ3v) is 4.63. The Morgan fingerprint density at radius 2 is 2.00 bits per heavy atom. The molecule has 1 amide bonds. The summed E-state index contributed by atoms with van der Waals surface area (Å²) in [7, 11) is 3.96. The minimum Gasteiger partial charge on any atom is -0.361 e. The highest BCUT2D eigenvalue weighted by Gasteiger charge is 2.29. The van der Waals surface area contributed by atoms with Gasteiger partial charge in [-0.1, -0.05) is 0 Å². The maximum atomic E-state index is 12.6. The SMILES string of the molecule is CN(C)c1nc([C@H]2CCN(C(=O)c3ccncc3)C2)cn2nccc12. The Balaban J connectivity index is 1.59. The summed E-state index contributed by atoms with van der Waals surface area (Å²) in [5.74, 6) is 1.17. The first kappa shape index (κ1) is 15.6. The molecule has 0 aromatic carbocycles. The van der Waals surface area contributed by atoms with Crippen LogP contribution in [0, 0.1) is 0 Å². The maximum absolute atomic E-state index is 12.6. The Morgan fingerprint density at radius 3 is 2.76 bits per heavy atom. The zero-order valence-corrected chi connectivity index (χ0v) is 14.3. The highest BCUT2D eigenvalue weighted by molar-refractivity contribution is 5.94. The first-order chi connectivity index (χ1) is 12.1. The van der Waals surface area contributed by atoms with Crippen molar-refractivity contribution in [2.45, 2.75) is 12.3 Å². The Kier molecular flexibility index (Phi) is 3.83. The number of likely N-dealkylation sites (tertiary alicyclic amines) is 1. The van der Waals surface area contributed by atoms with Gasteiger partial charge in [-0.05, 0) is 24.6 Å². The molecule has 0 aliphatic carbocycles. The summed E-state index contributed by atoms with van der Waals surface area (Å²) in [5.41, 5.74) is 2.64. The van der Waals surface area contributed by atoms with E-state index in [1.54, 1.807) is 30.7 Å². The van der Waals surface area contributed by atoms with Crippen molar-refractivity contribution in [2.75, 3.05) is 32.1 Å². The summed E-state index contributed by atoms with van der Waals surface area (Å²) in [6.45, 7) is 1.41. The van der Waals surface area contributed by atoms with Crippen molar-refractivity contribution < 1.29 is 4.79 Å². The van der Waals surface area contributed by atoms with Crippen molar-refractivity contribution in [2.24, 2.45) is 0 Å². The Bertz CT molecular complexity index is 904. The number of rotatable bonds is 3. The van der Waals surface area contributed by atoms with Crippen LogP contribution in [0.25, 0.3) is 5.52 Å². The number of hydrogen-bond donors (Lipinski definition) is 0. The Labute approximate surface area is 145 Å². The molecule has 25 heavy (non-hydrogen) atoms. The summed E-state index contributed by atoms with van der Waals surface area (Å²) in [5, 5.41) is 4.36. The van der Waals surface area contributed by atoms with Crippen LogP contribution in [0.2, 0.25) is 0 Å². The lowest BCUT2D eigenvalue weighted by molar-refractivity contribution is 0.0790. The summed E-state index contributed by atoms with van der Waals surface area (Å²) >= 11 is 0. The van der Waals surface area contributed by atoms with E-state index in [2.05, 4.69) is 10.1 Å². The van der Waals surface area contributed by atoms with Crippen molar-refractivity contribution in [1.29, 1.82) is 0 Å². The Hall–Kier alpha value is -2.96. The number of hydrogen-bond acceptors (Lipinski definition) is 5. The first-order valence-corrected chi connectivity index (χ1v) is 8.34. The lowest BCUT2D eigenvalue weighted by atomic mass is 10.1. The molecule has 0 bridgehead atoms. The molecule has 0 N–H and O–H groups in total. The number of carbonyl (C=O) groups excluding carboxylic acids is 1. The normalized spacial score (nSPS) is 17.2. The zero-order chi connectivity index (χ0) is 17.4. The molecule has 0 spiro atoms. The van der Waals surface area contributed by atoms with Gasteiger partial charge in [-0.25, -0.2) is 9.50 Å². The molecular formula is C18H20N6O. The second kappa shape index (κ2) is 6.16. The van der Waals surface area contributed by atoms with Crippen molar-refractivity contribution in [1.82, 2.24) is 24.5 Å². The topological polar surface area (TPSA) is 66.6 Å². The van der Waals surface area contributed by atoms with Gasteiger partial charge in [0.05, 0.1) is 18.1 Å². The number of fused-ring (bicyclic) bond motifs is 1. The van der Waals surface area contributed by atoms with Crippen molar-refractivity contribution in [3.05, 3.63) is 54.2 Å². The molecule has 128 valence electrons. The van der Waals surface area contributed by atoms with Gasteiger partial charge >= 0.3 is 0 Å². The molecule has 1 saturated heterocycles. The summed E-state index contributed by atoms with van der Waals surface area (Å²) in [4.78, 5) is 25.3. The van der Waals surface area contributed by atoms with Crippen LogP contribution in [-0.2, 0) is 0 Å². The van der Waals surface area contributed by atoms with E-state index in [-0.39, 0.29) is 11.8 Å². The van der Waals surface area contributed by atoms with E-state index in [9.17, 15) is 4.79 Å². The van der Waals surface area contributed by atoms with Gasteiger partial charge in [-0.15, -0.1) is 0 Å². The summed E-state index contributed by atoms with van der Waals surface area (Å²) in [6, 6.07) is 5.47. The van der Waals surface area contributed by atoms with Crippen LogP contribution in [0.15, 0.2) is 43.0 Å². The smallest absolute Gasteiger partial charge is 0.253 e. The number of anilines is 1. The number of carbonyl (C=O) groups is 1. The lowest BCUT2D eigenvalue weighted by Crippen LogP contribution is -2.28. The van der Waals surface area contributed by atoms with E-state index in [0.717, 1.165) is 30.0 Å². The van der Waals surface area contributed by atoms with Crippen LogP contribution in [0.4, 0.5) is 5.82 Å². The van der Waals surface area contributed by atoms with E-state index in [1.807, 2.05) is 40.7 Å². The van der Waals surface area contributed by atoms with Gasteiger partial charge < -0.3 is 9.80 Å². The average molecular weight is 336 g/mol. The molecule has 0 radical (unpaired) electrons. The molecule has 3 aromatic heterocycles. The lowest BCUT2D eigenvalue weighted by Gasteiger charge is -2.18. The van der Waals surface area contributed by atoms with Crippen LogP contribution in [0.5, 0.6) is 0 Å². The van der Waals surface area contributed by atoms with E-state index in [1.165, 1.54) is 0 Å². The van der Waals surface area contributed by atoms with Gasteiger partial charge in [0.1, 0.15) is 5.52 Å². The van der Waals surface area contributed by atoms with Crippen LogP contribution >= 0.6 is 0 Å². The molecule has 7 heteroatoms. The third-order valence-electron chi connectivity index (χ3n) is 4.63. The van der Waals surface area contributed by atoms with Crippen molar-refractivity contribution in [3.63, 3.8) is 0 Å². The van der Waals surface area contributed by atoms with E-state index in [4.69, 9.17) is 4.98 Å². The number of aromatic nitrogens is 4. The quantitative estimate of drug-likeness (QED) is 0.730. The average Bonchev–Trinajstić information content (AvgIpc) is 3.30. The minimum atomic E-state index is 0.0536. The van der Waals surface area contributed by atoms with Gasteiger partial charge in [-0.3, -0.25) is 9.78 Å². The van der Waals surface area contributed by atoms with Crippen molar-refractivity contribution >= 4 is 17.2 Å². The molecule has 1 aliphatic heterocycles. The summed E-state index contributed by atoms with van der Waals surface area (Å²) < 4.78 is 1.87. The van der Waals surface area contributed by atoms with Gasteiger partial charge in [0.25, 0.3) is 5.91 Å². The molecular weight excluding hydrogens is 316 g/mol. The van der Waals surface area contributed by atoms with Gasteiger partial charge in [-0.2, -0.15) is 5.10 Å².